The molecule has 3 heteroatoms. The molecular weight excluding hydrogens is 251 g/mol. The molecule has 2 heterocycles. The predicted molar refractivity (Wildman–Crippen MR) is 73.4 cm³/mol. The third-order valence-electron chi connectivity index (χ3n) is 2.84. The summed E-state index contributed by atoms with van der Waals surface area (Å²) < 4.78 is 14.1. The van der Waals surface area contributed by atoms with Crippen molar-refractivity contribution in [3.05, 3.63) is 63.0 Å². The van der Waals surface area contributed by atoms with Gasteiger partial charge in [0.15, 0.2) is 0 Å². The number of thiophene rings is 2. The zero-order valence-electron chi connectivity index (χ0n) is 9.05. The molecule has 0 spiro atoms. The molecule has 0 nitrogen and oxygen atoms in total. The van der Waals surface area contributed by atoms with Gasteiger partial charge in [-0.15, -0.1) is 22.7 Å². The molecule has 3 rings (SSSR count). The molecule has 17 heavy (non-hydrogen) atoms. The standard InChI is InChI=1S/C14H11FS2/c15-12-9-10(13-3-1-7-16-13)5-6-11(12)14-4-2-8-17-14/h1-9,11-12H. The summed E-state index contributed by atoms with van der Waals surface area (Å²) >= 11 is 3.26. The molecule has 2 aromatic rings. The van der Waals surface area contributed by atoms with E-state index < -0.39 is 6.17 Å². The van der Waals surface area contributed by atoms with Crippen LogP contribution in [0.1, 0.15) is 15.7 Å². The Morgan fingerprint density at radius 3 is 2.53 bits per heavy atom. The summed E-state index contributed by atoms with van der Waals surface area (Å²) in [6, 6.07) is 7.99. The van der Waals surface area contributed by atoms with E-state index in [4.69, 9.17) is 0 Å². The predicted octanol–water partition coefficient (Wildman–Crippen LogP) is 4.88. The zero-order chi connectivity index (χ0) is 11.7. The SMILES string of the molecule is FC1C=C(c2cccs2)C=CC1c1cccs1. The molecule has 0 fully saturated rings. The summed E-state index contributed by atoms with van der Waals surface area (Å²) in [6.45, 7) is 0. The van der Waals surface area contributed by atoms with Crippen LogP contribution in [0.2, 0.25) is 0 Å². The Balaban J connectivity index is 1.87. The number of allylic oxidation sites excluding steroid dienone is 4. The minimum Gasteiger partial charge on any atom is -0.242 e. The minimum absolute atomic E-state index is 0.112. The summed E-state index contributed by atoms with van der Waals surface area (Å²) in [5.74, 6) is -0.112. The Morgan fingerprint density at radius 2 is 1.88 bits per heavy atom. The van der Waals surface area contributed by atoms with Crippen molar-refractivity contribution in [2.24, 2.45) is 0 Å². The number of hydrogen-bond acceptors (Lipinski definition) is 2. The van der Waals surface area contributed by atoms with Gasteiger partial charge in [-0.2, -0.15) is 0 Å². The maximum absolute atomic E-state index is 14.1. The van der Waals surface area contributed by atoms with Crippen LogP contribution in [0.4, 0.5) is 4.39 Å². The molecule has 0 amide bonds. The monoisotopic (exact) mass is 262 g/mol. The topological polar surface area (TPSA) is 0 Å². The van der Waals surface area contributed by atoms with Crippen molar-refractivity contribution >= 4 is 28.2 Å². The van der Waals surface area contributed by atoms with Gasteiger partial charge < -0.3 is 0 Å². The Labute approximate surface area is 108 Å². The van der Waals surface area contributed by atoms with Crippen molar-refractivity contribution in [3.8, 4) is 0 Å². The van der Waals surface area contributed by atoms with E-state index in [2.05, 4.69) is 0 Å². The van der Waals surface area contributed by atoms with Gasteiger partial charge in [0.2, 0.25) is 0 Å². The van der Waals surface area contributed by atoms with Gasteiger partial charge in [0.05, 0.1) is 0 Å². The van der Waals surface area contributed by atoms with Crippen molar-refractivity contribution in [3.63, 3.8) is 0 Å². The van der Waals surface area contributed by atoms with E-state index in [1.54, 1.807) is 28.7 Å². The van der Waals surface area contributed by atoms with Crippen molar-refractivity contribution in [1.82, 2.24) is 0 Å². The van der Waals surface area contributed by atoms with Crippen LogP contribution in [-0.2, 0) is 0 Å². The molecule has 2 atom stereocenters. The maximum Gasteiger partial charge on any atom is 0.130 e. The first kappa shape index (κ1) is 10.9. The minimum atomic E-state index is -0.921. The van der Waals surface area contributed by atoms with E-state index in [1.807, 2.05) is 47.2 Å². The average molecular weight is 262 g/mol. The van der Waals surface area contributed by atoms with Gasteiger partial charge >= 0.3 is 0 Å². The van der Waals surface area contributed by atoms with Crippen LogP contribution in [0.3, 0.4) is 0 Å². The van der Waals surface area contributed by atoms with Gasteiger partial charge in [0.1, 0.15) is 6.17 Å². The molecule has 0 aliphatic heterocycles. The van der Waals surface area contributed by atoms with Gasteiger partial charge in [-0.05, 0) is 34.5 Å². The molecule has 0 radical (unpaired) electrons. The second-order valence-corrected chi connectivity index (χ2v) is 5.87. The molecule has 1 aliphatic carbocycles. The molecule has 0 aromatic carbocycles. The molecule has 86 valence electrons. The van der Waals surface area contributed by atoms with E-state index >= 15 is 0 Å². The van der Waals surface area contributed by atoms with Crippen molar-refractivity contribution in [1.29, 1.82) is 0 Å². The fourth-order valence-corrected chi connectivity index (χ4v) is 3.55. The lowest BCUT2D eigenvalue weighted by atomic mass is 9.93. The first-order valence-corrected chi connectivity index (χ1v) is 7.22. The third-order valence-corrected chi connectivity index (χ3v) is 4.73. The Morgan fingerprint density at radius 1 is 1.06 bits per heavy atom. The first-order valence-electron chi connectivity index (χ1n) is 5.46. The van der Waals surface area contributed by atoms with Crippen LogP contribution < -0.4 is 0 Å². The highest BCUT2D eigenvalue weighted by atomic mass is 32.1. The summed E-state index contributed by atoms with van der Waals surface area (Å²) in [4.78, 5) is 2.23. The smallest absolute Gasteiger partial charge is 0.130 e. The third kappa shape index (κ3) is 2.13. The van der Waals surface area contributed by atoms with Crippen LogP contribution in [-0.4, -0.2) is 6.17 Å². The maximum atomic E-state index is 14.1. The number of hydrogen-bond donors (Lipinski definition) is 0. The van der Waals surface area contributed by atoms with Crippen LogP contribution >= 0.6 is 22.7 Å². The fraction of sp³-hybridized carbons (Fsp3) is 0.143. The highest BCUT2D eigenvalue weighted by molar-refractivity contribution is 7.11. The summed E-state index contributed by atoms with van der Waals surface area (Å²) in [7, 11) is 0. The molecule has 0 N–H and O–H groups in total. The number of rotatable bonds is 2. The van der Waals surface area contributed by atoms with Gasteiger partial charge in [-0.3, -0.25) is 0 Å². The lowest BCUT2D eigenvalue weighted by Gasteiger charge is -2.18. The average Bonchev–Trinajstić information content (AvgIpc) is 3.02. The Bertz CT molecular complexity index is 535. The quantitative estimate of drug-likeness (QED) is 0.723. The lowest BCUT2D eigenvalue weighted by molar-refractivity contribution is 0.372. The second kappa shape index (κ2) is 4.59. The van der Waals surface area contributed by atoms with Gasteiger partial charge in [-0.25, -0.2) is 4.39 Å². The van der Waals surface area contributed by atoms with Crippen LogP contribution in [0, 0.1) is 0 Å². The molecule has 1 aliphatic rings. The van der Waals surface area contributed by atoms with E-state index in [-0.39, 0.29) is 5.92 Å². The second-order valence-electron chi connectivity index (χ2n) is 3.94. The van der Waals surface area contributed by atoms with Crippen LogP contribution in [0.25, 0.3) is 5.57 Å². The van der Waals surface area contributed by atoms with Gasteiger partial charge in [0, 0.05) is 15.7 Å². The molecular formula is C14H11FS2. The largest absolute Gasteiger partial charge is 0.242 e. The van der Waals surface area contributed by atoms with E-state index in [1.165, 1.54) is 0 Å². The number of halogens is 1. The summed E-state index contributed by atoms with van der Waals surface area (Å²) in [6.07, 6.45) is 4.82. The summed E-state index contributed by atoms with van der Waals surface area (Å²) in [5.41, 5.74) is 1.00. The Hall–Kier alpha value is -1.19. The highest BCUT2D eigenvalue weighted by Gasteiger charge is 2.23. The zero-order valence-corrected chi connectivity index (χ0v) is 10.7. The van der Waals surface area contributed by atoms with Crippen LogP contribution in [0.15, 0.2) is 53.3 Å². The molecule has 0 saturated heterocycles. The van der Waals surface area contributed by atoms with Crippen molar-refractivity contribution in [2.75, 3.05) is 0 Å². The normalized spacial score (nSPS) is 23.7. The highest BCUT2D eigenvalue weighted by Crippen LogP contribution is 2.35. The van der Waals surface area contributed by atoms with Gasteiger partial charge in [-0.1, -0.05) is 24.3 Å². The molecule has 2 unspecified atom stereocenters. The van der Waals surface area contributed by atoms with Crippen molar-refractivity contribution < 1.29 is 4.39 Å². The first-order chi connectivity index (χ1) is 8.34. The van der Waals surface area contributed by atoms with Gasteiger partial charge in [0.25, 0.3) is 0 Å². The summed E-state index contributed by atoms with van der Waals surface area (Å²) in [5, 5.41) is 4.01. The molecule has 0 bridgehead atoms. The molecule has 0 saturated carbocycles. The lowest BCUT2D eigenvalue weighted by Crippen LogP contribution is -2.11. The number of alkyl halides is 1. The van der Waals surface area contributed by atoms with E-state index in [0.29, 0.717) is 0 Å². The van der Waals surface area contributed by atoms with E-state index in [0.717, 1.165) is 15.3 Å². The molecule has 2 aromatic heterocycles. The Kier molecular flexibility index (Phi) is 2.95. The van der Waals surface area contributed by atoms with E-state index in [9.17, 15) is 4.39 Å². The fourth-order valence-electron chi connectivity index (χ4n) is 1.98. The van der Waals surface area contributed by atoms with Crippen LogP contribution in [0.5, 0.6) is 0 Å². The van der Waals surface area contributed by atoms with Crippen molar-refractivity contribution in [2.45, 2.75) is 12.1 Å².